The van der Waals surface area contributed by atoms with Crippen LogP contribution >= 0.6 is 0 Å². The second-order valence-electron chi connectivity index (χ2n) is 2.43. The number of hydrazine groups is 1. The molecule has 0 bridgehead atoms. The summed E-state index contributed by atoms with van der Waals surface area (Å²) in [5.74, 6) is 6.23. The van der Waals surface area contributed by atoms with Crippen LogP contribution in [-0.2, 0) is 0 Å². The van der Waals surface area contributed by atoms with Gasteiger partial charge in [-0.1, -0.05) is 6.07 Å². The Labute approximate surface area is 76.5 Å². The minimum absolute atomic E-state index is 0.120. The van der Waals surface area contributed by atoms with Crippen molar-refractivity contribution in [2.24, 2.45) is 5.84 Å². The van der Waals surface area contributed by atoms with Crippen LogP contribution in [-0.4, -0.2) is 23.3 Å². The van der Waals surface area contributed by atoms with Gasteiger partial charge in [0.1, 0.15) is 5.82 Å². The minimum Gasteiger partial charge on any atom is -0.478 e. The number of hydrogen-bond donors (Lipinski definition) is 3. The van der Waals surface area contributed by atoms with Crippen LogP contribution in [0.4, 0.5) is 5.82 Å². The number of aromatic nitrogens is 1. The van der Waals surface area contributed by atoms with E-state index in [-0.39, 0.29) is 6.61 Å². The number of ether oxygens (including phenoxy) is 1. The van der Waals surface area contributed by atoms with Gasteiger partial charge in [-0.2, -0.15) is 4.98 Å². The average molecular weight is 183 g/mol. The molecule has 1 aromatic heterocycles. The number of nitrogens with zero attached hydrogens (tertiary/aromatic N) is 1. The Bertz CT molecular complexity index is 255. The van der Waals surface area contributed by atoms with E-state index in [1.807, 2.05) is 0 Å². The summed E-state index contributed by atoms with van der Waals surface area (Å²) in [4.78, 5) is 4.02. The van der Waals surface area contributed by atoms with Gasteiger partial charge in [0.25, 0.3) is 0 Å². The van der Waals surface area contributed by atoms with E-state index >= 15 is 0 Å². The number of anilines is 1. The average Bonchev–Trinajstić information content (AvgIpc) is 2.19. The van der Waals surface area contributed by atoms with Gasteiger partial charge < -0.3 is 15.3 Å². The van der Waals surface area contributed by atoms with Gasteiger partial charge in [-0.05, 0) is 6.07 Å². The molecule has 0 saturated carbocycles. The molecule has 4 N–H and O–H groups in total. The summed E-state index contributed by atoms with van der Waals surface area (Å²) in [6.07, 6.45) is 0.599. The van der Waals surface area contributed by atoms with E-state index in [0.29, 0.717) is 24.7 Å². The highest BCUT2D eigenvalue weighted by molar-refractivity contribution is 5.35. The fourth-order valence-electron chi connectivity index (χ4n) is 0.817. The molecule has 1 rings (SSSR count). The van der Waals surface area contributed by atoms with Crippen LogP contribution in [0.2, 0.25) is 0 Å². The number of nitrogens with one attached hydrogen (secondary N) is 1. The molecule has 0 amide bonds. The zero-order valence-electron chi connectivity index (χ0n) is 7.23. The summed E-state index contributed by atoms with van der Waals surface area (Å²) < 4.78 is 5.22. The van der Waals surface area contributed by atoms with E-state index in [9.17, 15) is 0 Å². The van der Waals surface area contributed by atoms with E-state index in [0.717, 1.165) is 0 Å². The summed E-state index contributed by atoms with van der Waals surface area (Å²) >= 11 is 0. The first-order valence-corrected chi connectivity index (χ1v) is 4.04. The Hall–Kier alpha value is -1.33. The molecular weight excluding hydrogens is 170 g/mol. The van der Waals surface area contributed by atoms with Crippen molar-refractivity contribution < 1.29 is 9.84 Å². The van der Waals surface area contributed by atoms with Gasteiger partial charge in [0.05, 0.1) is 6.61 Å². The van der Waals surface area contributed by atoms with Crippen LogP contribution < -0.4 is 16.0 Å². The maximum absolute atomic E-state index is 8.51. The Morgan fingerprint density at radius 1 is 1.54 bits per heavy atom. The van der Waals surface area contributed by atoms with Gasteiger partial charge in [0.2, 0.25) is 5.88 Å². The largest absolute Gasteiger partial charge is 0.478 e. The van der Waals surface area contributed by atoms with Gasteiger partial charge in [0, 0.05) is 19.1 Å². The van der Waals surface area contributed by atoms with Crippen LogP contribution in [0.3, 0.4) is 0 Å². The molecule has 1 aromatic rings. The SMILES string of the molecule is NNc1cccc(OCCCO)n1. The van der Waals surface area contributed by atoms with E-state index in [4.69, 9.17) is 15.7 Å². The van der Waals surface area contributed by atoms with E-state index < -0.39 is 0 Å². The third-order valence-corrected chi connectivity index (χ3v) is 1.42. The molecule has 0 spiro atoms. The molecule has 13 heavy (non-hydrogen) atoms. The third-order valence-electron chi connectivity index (χ3n) is 1.42. The van der Waals surface area contributed by atoms with Crippen LogP contribution in [0.15, 0.2) is 18.2 Å². The lowest BCUT2D eigenvalue weighted by atomic mass is 10.4. The first-order valence-electron chi connectivity index (χ1n) is 4.04. The molecule has 0 atom stereocenters. The molecule has 72 valence electrons. The highest BCUT2D eigenvalue weighted by Gasteiger charge is 1.95. The van der Waals surface area contributed by atoms with E-state index in [1.165, 1.54) is 0 Å². The van der Waals surface area contributed by atoms with Crippen molar-refractivity contribution in [3.63, 3.8) is 0 Å². The lowest BCUT2D eigenvalue weighted by Crippen LogP contribution is -2.09. The summed E-state index contributed by atoms with van der Waals surface area (Å²) in [6, 6.07) is 5.26. The first-order chi connectivity index (χ1) is 6.36. The Morgan fingerprint density at radius 2 is 2.38 bits per heavy atom. The third kappa shape index (κ3) is 3.27. The van der Waals surface area contributed by atoms with E-state index in [1.54, 1.807) is 18.2 Å². The molecule has 1 heterocycles. The first kappa shape index (κ1) is 9.76. The topological polar surface area (TPSA) is 80.4 Å². The van der Waals surface area contributed by atoms with Gasteiger partial charge in [0.15, 0.2) is 0 Å². The number of rotatable bonds is 5. The van der Waals surface area contributed by atoms with Crippen molar-refractivity contribution in [1.82, 2.24) is 4.98 Å². The van der Waals surface area contributed by atoms with Crippen LogP contribution in [0, 0.1) is 0 Å². The van der Waals surface area contributed by atoms with Crippen LogP contribution in [0.1, 0.15) is 6.42 Å². The lowest BCUT2D eigenvalue weighted by molar-refractivity contribution is 0.229. The Kier molecular flexibility index (Phi) is 4.01. The Morgan fingerprint density at radius 3 is 3.08 bits per heavy atom. The second-order valence-corrected chi connectivity index (χ2v) is 2.43. The smallest absolute Gasteiger partial charge is 0.215 e. The molecule has 0 radical (unpaired) electrons. The zero-order valence-corrected chi connectivity index (χ0v) is 7.23. The molecule has 0 saturated heterocycles. The number of nitrogen functional groups attached to an aromatic ring is 1. The fraction of sp³-hybridized carbons (Fsp3) is 0.375. The highest BCUT2D eigenvalue weighted by atomic mass is 16.5. The standard InChI is InChI=1S/C8H13N3O2/c9-11-7-3-1-4-8(10-7)13-6-2-5-12/h1,3-4,12H,2,5-6,9H2,(H,10,11). The van der Waals surface area contributed by atoms with Crippen molar-refractivity contribution in [1.29, 1.82) is 0 Å². The van der Waals surface area contributed by atoms with Gasteiger partial charge in [-0.25, -0.2) is 5.84 Å². The number of nitrogens with two attached hydrogens (primary N) is 1. The quantitative estimate of drug-likeness (QED) is 0.343. The normalized spacial score (nSPS) is 9.69. The fourth-order valence-corrected chi connectivity index (χ4v) is 0.817. The summed E-state index contributed by atoms with van der Waals surface area (Å²) in [5, 5.41) is 8.51. The van der Waals surface area contributed by atoms with Gasteiger partial charge in [-0.3, -0.25) is 0 Å². The van der Waals surface area contributed by atoms with Crippen LogP contribution in [0.25, 0.3) is 0 Å². The van der Waals surface area contributed by atoms with Crippen molar-refractivity contribution in [2.45, 2.75) is 6.42 Å². The number of hydrogen-bond acceptors (Lipinski definition) is 5. The molecule has 0 aliphatic heterocycles. The summed E-state index contributed by atoms with van der Waals surface area (Å²) in [5.41, 5.74) is 2.42. The monoisotopic (exact) mass is 183 g/mol. The van der Waals surface area contributed by atoms with Crippen molar-refractivity contribution in [3.8, 4) is 5.88 Å². The molecule has 5 nitrogen and oxygen atoms in total. The summed E-state index contributed by atoms with van der Waals surface area (Å²) in [6.45, 7) is 0.576. The van der Waals surface area contributed by atoms with Crippen molar-refractivity contribution in [2.75, 3.05) is 18.6 Å². The molecule has 0 unspecified atom stereocenters. The lowest BCUT2D eigenvalue weighted by Gasteiger charge is -2.05. The van der Waals surface area contributed by atoms with Gasteiger partial charge >= 0.3 is 0 Å². The molecule has 0 aliphatic carbocycles. The van der Waals surface area contributed by atoms with Crippen molar-refractivity contribution >= 4 is 5.82 Å². The predicted octanol–water partition coefficient (Wildman–Crippen LogP) is 0.128. The predicted molar refractivity (Wildman–Crippen MR) is 49.2 cm³/mol. The second kappa shape index (κ2) is 5.34. The zero-order chi connectivity index (χ0) is 9.52. The maximum atomic E-state index is 8.51. The Balaban J connectivity index is 2.46. The van der Waals surface area contributed by atoms with E-state index in [2.05, 4.69) is 10.4 Å². The number of pyridine rings is 1. The minimum atomic E-state index is 0.120. The number of aliphatic hydroxyl groups excluding tert-OH is 1. The molecular formula is C8H13N3O2. The van der Waals surface area contributed by atoms with Gasteiger partial charge in [-0.15, -0.1) is 0 Å². The highest BCUT2D eigenvalue weighted by Crippen LogP contribution is 2.10. The molecule has 0 aliphatic rings. The van der Waals surface area contributed by atoms with Crippen molar-refractivity contribution in [3.05, 3.63) is 18.2 Å². The summed E-state index contributed by atoms with van der Waals surface area (Å²) in [7, 11) is 0. The molecule has 0 fully saturated rings. The maximum Gasteiger partial charge on any atom is 0.215 e. The molecule has 5 heteroatoms. The number of aliphatic hydroxyl groups is 1. The van der Waals surface area contributed by atoms with Crippen LogP contribution in [0.5, 0.6) is 5.88 Å². The molecule has 0 aromatic carbocycles.